The molecule has 0 N–H and O–H groups in total. The molecule has 246 valence electrons. The number of esters is 2. The van der Waals surface area contributed by atoms with E-state index >= 15 is 0 Å². The minimum absolute atomic E-state index is 0.0107. The van der Waals surface area contributed by atoms with Crippen LogP contribution in [-0.2, 0) is 58.2 Å². The van der Waals surface area contributed by atoms with Gasteiger partial charge in [-0.3, -0.25) is 19.2 Å². The van der Waals surface area contributed by atoms with Crippen LogP contribution in [0.5, 0.6) is 0 Å². The lowest BCUT2D eigenvalue weighted by atomic mass is 10.1. The largest absolute Gasteiger partial charge is 0.459 e. The molecule has 14 nitrogen and oxygen atoms in total. The normalized spacial score (nSPS) is 14.5. The second-order valence-corrected chi connectivity index (χ2v) is 15.8. The van der Waals surface area contributed by atoms with Crippen LogP contribution in [0.15, 0.2) is 0 Å². The number of carbonyl (C=O) groups is 4. The van der Waals surface area contributed by atoms with E-state index in [2.05, 4.69) is 0 Å². The van der Waals surface area contributed by atoms with Gasteiger partial charge in [-0.15, -0.1) is 0 Å². The molecule has 0 saturated carbocycles. The van der Waals surface area contributed by atoms with Gasteiger partial charge in [0.15, 0.2) is 0 Å². The van der Waals surface area contributed by atoms with Gasteiger partial charge in [-0.2, -0.15) is 8.61 Å². The highest BCUT2D eigenvalue weighted by atomic mass is 32.2. The zero-order valence-electron chi connectivity index (χ0n) is 26.4. The van der Waals surface area contributed by atoms with Crippen LogP contribution in [0.3, 0.4) is 0 Å². The van der Waals surface area contributed by atoms with Gasteiger partial charge in [0.05, 0.1) is 38.9 Å². The smallest absolute Gasteiger partial charge is 0.325 e. The molecular formula is C26H48N2O12S2. The van der Waals surface area contributed by atoms with Crippen LogP contribution in [0.1, 0.15) is 68.2 Å². The van der Waals surface area contributed by atoms with Gasteiger partial charge in [0, 0.05) is 25.9 Å². The number of sulfonamides is 2. The third-order valence-corrected chi connectivity index (χ3v) is 7.73. The summed E-state index contributed by atoms with van der Waals surface area (Å²) in [5, 5.41) is 0. The summed E-state index contributed by atoms with van der Waals surface area (Å²) in [4.78, 5) is 48.9. The Hall–Kier alpha value is -1.98. The molecule has 2 atom stereocenters. The van der Waals surface area contributed by atoms with Crippen molar-refractivity contribution in [3.05, 3.63) is 0 Å². The van der Waals surface area contributed by atoms with E-state index in [4.69, 9.17) is 18.9 Å². The SMILES string of the molecule is CC(=O)C[C@@H](C(=O)OC(C)(C)C)N(CCOCCOCCN([C@@H](CC(C)=O)C(=O)OC(C)(C)C)S(C)(=O)=O)S(C)(=O)=O. The molecule has 0 spiro atoms. The van der Waals surface area contributed by atoms with Crippen LogP contribution in [0.4, 0.5) is 0 Å². The van der Waals surface area contributed by atoms with Gasteiger partial charge in [0.25, 0.3) is 0 Å². The first-order chi connectivity index (χ1) is 18.8. The van der Waals surface area contributed by atoms with Crippen molar-refractivity contribution in [1.29, 1.82) is 0 Å². The maximum absolute atomic E-state index is 12.7. The van der Waals surface area contributed by atoms with Gasteiger partial charge in [0.2, 0.25) is 20.0 Å². The fourth-order valence-electron chi connectivity index (χ4n) is 3.63. The van der Waals surface area contributed by atoms with Crippen LogP contribution in [-0.4, -0.2) is 124 Å². The fourth-order valence-corrected chi connectivity index (χ4v) is 5.68. The zero-order chi connectivity index (χ0) is 33.1. The molecule has 0 amide bonds. The Bertz CT molecular complexity index is 1050. The first kappa shape index (κ1) is 40.0. The molecule has 42 heavy (non-hydrogen) atoms. The Labute approximate surface area is 250 Å². The summed E-state index contributed by atoms with van der Waals surface area (Å²) < 4.78 is 73.0. The van der Waals surface area contributed by atoms with Crippen molar-refractivity contribution in [2.24, 2.45) is 0 Å². The quantitative estimate of drug-likeness (QED) is 0.144. The van der Waals surface area contributed by atoms with E-state index in [1.165, 1.54) is 13.8 Å². The van der Waals surface area contributed by atoms with Crippen LogP contribution in [0, 0.1) is 0 Å². The Kier molecular flexibility index (Phi) is 16.0. The average molecular weight is 645 g/mol. The average Bonchev–Trinajstić information content (AvgIpc) is 2.73. The molecule has 0 aromatic heterocycles. The summed E-state index contributed by atoms with van der Waals surface area (Å²) >= 11 is 0. The van der Waals surface area contributed by atoms with Crippen LogP contribution in [0.25, 0.3) is 0 Å². The lowest BCUT2D eigenvalue weighted by Gasteiger charge is -2.30. The number of ether oxygens (including phenoxy) is 4. The van der Waals surface area contributed by atoms with Gasteiger partial charge < -0.3 is 18.9 Å². The Morgan fingerprint density at radius 3 is 1.10 bits per heavy atom. The Morgan fingerprint density at radius 2 is 0.881 bits per heavy atom. The van der Waals surface area contributed by atoms with Crippen molar-refractivity contribution in [3.8, 4) is 0 Å². The van der Waals surface area contributed by atoms with E-state index in [1.807, 2.05) is 0 Å². The topological polar surface area (TPSA) is 180 Å². The van der Waals surface area contributed by atoms with E-state index < -0.39 is 66.8 Å². The Morgan fingerprint density at radius 1 is 0.595 bits per heavy atom. The van der Waals surface area contributed by atoms with Crippen molar-refractivity contribution >= 4 is 43.6 Å². The minimum atomic E-state index is -3.93. The van der Waals surface area contributed by atoms with E-state index in [9.17, 15) is 36.0 Å². The first-order valence-electron chi connectivity index (χ1n) is 13.4. The number of Topliss-reactive ketones (excluding diaryl/α,β-unsaturated/α-hetero) is 2. The highest BCUT2D eigenvalue weighted by Gasteiger charge is 2.37. The summed E-state index contributed by atoms with van der Waals surface area (Å²) in [5.41, 5.74) is -1.79. The number of ketones is 2. The lowest BCUT2D eigenvalue weighted by Crippen LogP contribution is -2.49. The predicted molar refractivity (Wildman–Crippen MR) is 155 cm³/mol. The van der Waals surface area contributed by atoms with E-state index in [0.717, 1.165) is 21.1 Å². The summed E-state index contributed by atoms with van der Waals surface area (Å²) in [5.74, 6) is -2.49. The predicted octanol–water partition coefficient (Wildman–Crippen LogP) is 0.922. The first-order valence-corrected chi connectivity index (χ1v) is 17.1. The van der Waals surface area contributed by atoms with E-state index in [1.54, 1.807) is 41.5 Å². The van der Waals surface area contributed by atoms with Gasteiger partial charge in [-0.1, -0.05) is 0 Å². The second-order valence-electron chi connectivity index (χ2n) is 11.9. The minimum Gasteiger partial charge on any atom is -0.459 e. The van der Waals surface area contributed by atoms with Crippen molar-refractivity contribution in [1.82, 2.24) is 8.61 Å². The molecule has 0 aliphatic heterocycles. The molecule has 0 heterocycles. The molecule has 0 aromatic carbocycles. The standard InChI is InChI=1S/C26H48N2O12S2/c1-19(29)17-21(23(31)39-25(3,4)5)27(41(9,33)34)11-13-37-15-16-38-14-12-28(42(10,35)36)22(18-20(2)30)24(32)40-26(6,7)8/h21-22H,11-18H2,1-10H3/t21-,22-/m0/s1. The molecule has 0 aromatic rings. The van der Waals surface area contributed by atoms with Gasteiger partial charge in [-0.25, -0.2) is 16.8 Å². The molecule has 0 fully saturated rings. The van der Waals surface area contributed by atoms with Crippen molar-refractivity contribution in [3.63, 3.8) is 0 Å². The number of hydrogen-bond donors (Lipinski definition) is 0. The Balaban J connectivity index is 5.17. The van der Waals surface area contributed by atoms with Crippen molar-refractivity contribution in [2.75, 3.05) is 52.0 Å². The molecule has 0 rings (SSSR count). The summed E-state index contributed by atoms with van der Waals surface area (Å²) in [6, 6.07) is -2.71. The molecule has 0 unspecified atom stereocenters. The van der Waals surface area contributed by atoms with Gasteiger partial charge in [0.1, 0.15) is 34.9 Å². The molecular weight excluding hydrogens is 596 g/mol. The third-order valence-electron chi connectivity index (χ3n) is 5.15. The second kappa shape index (κ2) is 16.8. The highest BCUT2D eigenvalue weighted by molar-refractivity contribution is 7.88. The number of carbonyl (C=O) groups excluding carboxylic acids is 4. The maximum Gasteiger partial charge on any atom is 0.325 e. The van der Waals surface area contributed by atoms with Crippen LogP contribution in [0.2, 0.25) is 0 Å². The van der Waals surface area contributed by atoms with Gasteiger partial charge in [-0.05, 0) is 55.4 Å². The molecule has 16 heteroatoms. The van der Waals surface area contributed by atoms with Gasteiger partial charge >= 0.3 is 11.9 Å². The molecule has 0 aliphatic rings. The van der Waals surface area contributed by atoms with Crippen molar-refractivity contribution < 1.29 is 55.0 Å². The summed E-state index contributed by atoms with van der Waals surface area (Å²) in [6.07, 6.45) is 1.10. The third kappa shape index (κ3) is 17.2. The fraction of sp³-hybridized carbons (Fsp3) is 0.846. The highest BCUT2D eigenvalue weighted by Crippen LogP contribution is 2.18. The van der Waals surface area contributed by atoms with Crippen LogP contribution < -0.4 is 0 Å². The van der Waals surface area contributed by atoms with Crippen LogP contribution >= 0.6 is 0 Å². The molecule has 0 saturated heterocycles. The van der Waals surface area contributed by atoms with E-state index in [-0.39, 0.29) is 52.4 Å². The molecule has 0 radical (unpaired) electrons. The maximum atomic E-state index is 12.7. The molecule has 0 aliphatic carbocycles. The van der Waals surface area contributed by atoms with E-state index in [0.29, 0.717) is 0 Å². The zero-order valence-corrected chi connectivity index (χ0v) is 28.1. The summed E-state index contributed by atoms with van der Waals surface area (Å²) in [6.45, 7) is 11.5. The summed E-state index contributed by atoms with van der Waals surface area (Å²) in [7, 11) is -7.85. The lowest BCUT2D eigenvalue weighted by molar-refractivity contribution is -0.161. The number of rotatable bonds is 19. The van der Waals surface area contributed by atoms with Crippen molar-refractivity contribution in [2.45, 2.75) is 91.5 Å². The monoisotopic (exact) mass is 644 g/mol. The number of hydrogen-bond acceptors (Lipinski definition) is 12. The number of nitrogens with zero attached hydrogens (tertiary/aromatic N) is 2. The molecule has 0 bridgehead atoms.